The van der Waals surface area contributed by atoms with Crippen LogP contribution in [0.5, 0.6) is 0 Å². The van der Waals surface area contributed by atoms with Crippen LogP contribution in [-0.2, 0) is 6.54 Å². The summed E-state index contributed by atoms with van der Waals surface area (Å²) in [7, 11) is 0. The molecule has 0 amide bonds. The summed E-state index contributed by atoms with van der Waals surface area (Å²) in [6.45, 7) is 5.39. The molecule has 2 aliphatic rings. The van der Waals surface area contributed by atoms with Crippen LogP contribution in [0.4, 0.5) is 5.69 Å². The zero-order chi connectivity index (χ0) is 14.1. The molecule has 110 valence electrons. The minimum atomic E-state index is -0.0434. The van der Waals surface area contributed by atoms with Gasteiger partial charge in [0.1, 0.15) is 5.69 Å². The van der Waals surface area contributed by atoms with E-state index in [0.717, 1.165) is 26.2 Å². The van der Waals surface area contributed by atoms with Crippen molar-refractivity contribution in [3.05, 3.63) is 21.6 Å². The Bertz CT molecular complexity index is 536. The summed E-state index contributed by atoms with van der Waals surface area (Å²) in [5, 5.41) is 7.92. The quantitative estimate of drug-likeness (QED) is 0.894. The van der Waals surface area contributed by atoms with Gasteiger partial charge < -0.3 is 10.2 Å². The van der Waals surface area contributed by atoms with Crippen molar-refractivity contribution < 1.29 is 0 Å². The van der Waals surface area contributed by atoms with Crippen LogP contribution in [0.3, 0.4) is 0 Å². The SMILES string of the molecule is CCN(c1c(Cl)cnn(CC2CCC2)c1=O)C1CNC1. The molecule has 0 unspecified atom stereocenters. The van der Waals surface area contributed by atoms with E-state index >= 15 is 0 Å². The average molecular weight is 297 g/mol. The molecule has 1 aromatic heterocycles. The summed E-state index contributed by atoms with van der Waals surface area (Å²) in [4.78, 5) is 14.8. The molecule has 0 atom stereocenters. The first-order valence-electron chi connectivity index (χ1n) is 7.43. The monoisotopic (exact) mass is 296 g/mol. The van der Waals surface area contributed by atoms with Gasteiger partial charge in [0.25, 0.3) is 5.56 Å². The molecule has 3 rings (SSSR count). The van der Waals surface area contributed by atoms with E-state index in [1.807, 2.05) is 0 Å². The molecule has 1 aliphatic heterocycles. The fourth-order valence-electron chi connectivity index (χ4n) is 2.86. The first-order chi connectivity index (χ1) is 9.70. The number of halogens is 1. The molecule has 6 heteroatoms. The Balaban J connectivity index is 1.91. The predicted molar refractivity (Wildman–Crippen MR) is 80.5 cm³/mol. The van der Waals surface area contributed by atoms with Gasteiger partial charge in [0.15, 0.2) is 0 Å². The molecule has 2 heterocycles. The normalized spacial score (nSPS) is 19.5. The largest absolute Gasteiger partial charge is 0.360 e. The highest BCUT2D eigenvalue weighted by molar-refractivity contribution is 6.33. The Morgan fingerprint density at radius 1 is 1.50 bits per heavy atom. The van der Waals surface area contributed by atoms with Crippen molar-refractivity contribution in [3.63, 3.8) is 0 Å². The molecular weight excluding hydrogens is 276 g/mol. The Morgan fingerprint density at radius 2 is 2.25 bits per heavy atom. The maximum Gasteiger partial charge on any atom is 0.291 e. The second-order valence-corrected chi connectivity index (χ2v) is 6.13. The number of likely N-dealkylation sites (N-methyl/N-ethyl adjacent to an activating group) is 1. The molecule has 0 radical (unpaired) electrons. The second kappa shape index (κ2) is 5.74. The number of nitrogens with one attached hydrogen (secondary N) is 1. The summed E-state index contributed by atoms with van der Waals surface area (Å²) < 4.78 is 1.60. The van der Waals surface area contributed by atoms with Gasteiger partial charge in [-0.1, -0.05) is 18.0 Å². The number of rotatable bonds is 5. The second-order valence-electron chi connectivity index (χ2n) is 5.72. The maximum absolute atomic E-state index is 12.7. The average Bonchev–Trinajstić information content (AvgIpc) is 2.32. The lowest BCUT2D eigenvalue weighted by atomic mass is 9.85. The molecule has 0 spiro atoms. The topological polar surface area (TPSA) is 50.2 Å². The molecule has 1 saturated carbocycles. The Hall–Kier alpha value is -1.07. The van der Waals surface area contributed by atoms with Gasteiger partial charge in [0.2, 0.25) is 0 Å². The summed E-state index contributed by atoms with van der Waals surface area (Å²) in [6.07, 6.45) is 5.30. The van der Waals surface area contributed by atoms with Gasteiger partial charge in [-0.05, 0) is 25.7 Å². The number of hydrogen-bond donors (Lipinski definition) is 1. The Kier molecular flexibility index (Phi) is 3.98. The third-order valence-electron chi connectivity index (χ3n) is 4.46. The molecule has 5 nitrogen and oxygen atoms in total. The van der Waals surface area contributed by atoms with Crippen LogP contribution in [0, 0.1) is 5.92 Å². The van der Waals surface area contributed by atoms with Gasteiger partial charge in [-0.2, -0.15) is 5.10 Å². The number of anilines is 1. The summed E-state index contributed by atoms with van der Waals surface area (Å²) in [5.41, 5.74) is 0.577. The maximum atomic E-state index is 12.7. The molecule has 1 saturated heterocycles. The number of hydrogen-bond acceptors (Lipinski definition) is 4. The Morgan fingerprint density at radius 3 is 2.75 bits per heavy atom. The zero-order valence-corrected chi connectivity index (χ0v) is 12.6. The number of aromatic nitrogens is 2. The van der Waals surface area contributed by atoms with Crippen LogP contribution >= 0.6 is 11.6 Å². The van der Waals surface area contributed by atoms with Gasteiger partial charge in [-0.25, -0.2) is 4.68 Å². The summed E-state index contributed by atoms with van der Waals surface area (Å²) in [5.74, 6) is 0.606. The van der Waals surface area contributed by atoms with Crippen molar-refractivity contribution in [2.75, 3.05) is 24.5 Å². The molecule has 20 heavy (non-hydrogen) atoms. The highest BCUT2D eigenvalue weighted by Gasteiger charge is 2.28. The van der Waals surface area contributed by atoms with E-state index in [1.54, 1.807) is 10.9 Å². The van der Waals surface area contributed by atoms with E-state index in [0.29, 0.717) is 22.7 Å². The van der Waals surface area contributed by atoms with Crippen molar-refractivity contribution in [1.29, 1.82) is 0 Å². The first kappa shape index (κ1) is 13.9. The molecule has 0 aromatic carbocycles. The van der Waals surface area contributed by atoms with Crippen LogP contribution in [0.2, 0.25) is 5.02 Å². The lowest BCUT2D eigenvalue weighted by molar-refractivity contribution is 0.261. The number of nitrogens with zero attached hydrogens (tertiary/aromatic N) is 3. The standard InChI is InChI=1S/C14H21ClN4O/c1-2-18(11-6-16-7-11)13-12(15)8-17-19(14(13)20)9-10-4-3-5-10/h8,10-11,16H,2-7,9H2,1H3. The van der Waals surface area contributed by atoms with Gasteiger partial charge >= 0.3 is 0 Å². The lowest BCUT2D eigenvalue weighted by Crippen LogP contribution is -2.58. The smallest absolute Gasteiger partial charge is 0.291 e. The van der Waals surface area contributed by atoms with Crippen LogP contribution in [0.1, 0.15) is 26.2 Å². The van der Waals surface area contributed by atoms with E-state index < -0.39 is 0 Å². The van der Waals surface area contributed by atoms with Crippen molar-refractivity contribution in [2.24, 2.45) is 5.92 Å². The van der Waals surface area contributed by atoms with Crippen LogP contribution in [-0.4, -0.2) is 35.5 Å². The molecule has 1 aromatic rings. The van der Waals surface area contributed by atoms with Crippen molar-refractivity contribution in [2.45, 2.75) is 38.8 Å². The summed E-state index contributed by atoms with van der Waals surface area (Å²) >= 11 is 6.25. The lowest BCUT2D eigenvalue weighted by Gasteiger charge is -2.39. The van der Waals surface area contributed by atoms with E-state index in [2.05, 4.69) is 22.2 Å². The fraction of sp³-hybridized carbons (Fsp3) is 0.714. The molecule has 1 aliphatic carbocycles. The molecule has 1 N–H and O–H groups in total. The van der Waals surface area contributed by atoms with E-state index in [-0.39, 0.29) is 5.56 Å². The minimum absolute atomic E-state index is 0.0434. The van der Waals surface area contributed by atoms with E-state index in [9.17, 15) is 4.79 Å². The van der Waals surface area contributed by atoms with Gasteiger partial charge in [-0.3, -0.25) is 4.79 Å². The van der Waals surface area contributed by atoms with Crippen LogP contribution in [0.15, 0.2) is 11.0 Å². The van der Waals surface area contributed by atoms with Crippen LogP contribution in [0.25, 0.3) is 0 Å². The van der Waals surface area contributed by atoms with E-state index in [4.69, 9.17) is 11.6 Å². The molecule has 2 fully saturated rings. The van der Waals surface area contributed by atoms with Crippen molar-refractivity contribution in [1.82, 2.24) is 15.1 Å². The third kappa shape index (κ3) is 2.44. The van der Waals surface area contributed by atoms with Crippen molar-refractivity contribution >= 4 is 17.3 Å². The van der Waals surface area contributed by atoms with Crippen molar-refractivity contribution in [3.8, 4) is 0 Å². The van der Waals surface area contributed by atoms with Gasteiger partial charge in [0.05, 0.1) is 17.3 Å². The van der Waals surface area contributed by atoms with Gasteiger partial charge in [-0.15, -0.1) is 0 Å². The summed E-state index contributed by atoms with van der Waals surface area (Å²) in [6, 6.07) is 0.366. The highest BCUT2D eigenvalue weighted by atomic mass is 35.5. The highest BCUT2D eigenvalue weighted by Crippen LogP contribution is 2.28. The van der Waals surface area contributed by atoms with Gasteiger partial charge in [0, 0.05) is 26.2 Å². The Labute approximate surface area is 123 Å². The molecular formula is C14H21ClN4O. The van der Waals surface area contributed by atoms with Crippen LogP contribution < -0.4 is 15.8 Å². The third-order valence-corrected chi connectivity index (χ3v) is 4.73. The minimum Gasteiger partial charge on any atom is -0.360 e. The first-order valence-corrected chi connectivity index (χ1v) is 7.81. The zero-order valence-electron chi connectivity index (χ0n) is 11.8. The fourth-order valence-corrected chi connectivity index (χ4v) is 3.09. The predicted octanol–water partition coefficient (Wildman–Crippen LogP) is 1.49. The molecule has 0 bridgehead atoms. The van der Waals surface area contributed by atoms with E-state index in [1.165, 1.54) is 19.3 Å².